The van der Waals surface area contributed by atoms with Gasteiger partial charge in [-0.25, -0.2) is 9.18 Å². The number of halogens is 2. The van der Waals surface area contributed by atoms with Gasteiger partial charge < -0.3 is 14.6 Å². The average molecular weight is 339 g/mol. The zero-order valence-corrected chi connectivity index (χ0v) is 14.4. The van der Waals surface area contributed by atoms with E-state index in [9.17, 15) is 9.18 Å². The Balaban J connectivity index is 1.91. The van der Waals surface area contributed by atoms with Crippen LogP contribution in [-0.2, 0) is 11.3 Å². The quantitative estimate of drug-likeness (QED) is 0.835. The zero-order valence-electron chi connectivity index (χ0n) is 13.6. The van der Waals surface area contributed by atoms with Gasteiger partial charge in [0.05, 0.1) is 16.6 Å². The molecule has 124 valence electrons. The first kappa shape index (κ1) is 16.1. The van der Waals surface area contributed by atoms with Crippen molar-refractivity contribution < 1.29 is 13.9 Å². The molecule has 1 aliphatic heterocycles. The van der Waals surface area contributed by atoms with Gasteiger partial charge in [-0.15, -0.1) is 0 Å². The summed E-state index contributed by atoms with van der Waals surface area (Å²) in [6, 6.07) is 3.11. The zero-order chi connectivity index (χ0) is 16.9. The molecule has 3 rings (SSSR count). The molecular formula is C17H20ClFN2O2. The smallest absolute Gasteiger partial charge is 0.407 e. The number of nitrogens with one attached hydrogen (secondary N) is 1. The number of hydrogen-bond acceptors (Lipinski definition) is 2. The summed E-state index contributed by atoms with van der Waals surface area (Å²) >= 11 is 6.06. The fraction of sp³-hybridized carbons (Fsp3) is 0.471. The predicted octanol–water partition coefficient (Wildman–Crippen LogP) is 4.44. The lowest BCUT2D eigenvalue weighted by molar-refractivity contribution is 0.0491. The third-order valence-electron chi connectivity index (χ3n) is 4.15. The lowest BCUT2D eigenvalue weighted by Crippen LogP contribution is -2.45. The molecule has 0 radical (unpaired) electrons. The highest BCUT2D eigenvalue weighted by Crippen LogP contribution is 2.38. The summed E-state index contributed by atoms with van der Waals surface area (Å²) in [7, 11) is 0. The van der Waals surface area contributed by atoms with Crippen LogP contribution in [-0.4, -0.2) is 22.3 Å². The Bertz CT molecular complexity index is 779. The molecule has 0 bridgehead atoms. The predicted molar refractivity (Wildman–Crippen MR) is 88.5 cm³/mol. The molecule has 1 aromatic heterocycles. The molecular weight excluding hydrogens is 319 g/mol. The van der Waals surface area contributed by atoms with Crippen molar-refractivity contribution >= 4 is 28.6 Å². The molecule has 0 aliphatic carbocycles. The molecule has 0 saturated carbocycles. The summed E-state index contributed by atoms with van der Waals surface area (Å²) in [4.78, 5) is 12.0. The van der Waals surface area contributed by atoms with Gasteiger partial charge in [0.1, 0.15) is 11.4 Å². The van der Waals surface area contributed by atoms with E-state index in [1.54, 1.807) is 0 Å². The second-order valence-corrected chi connectivity index (χ2v) is 7.41. The van der Waals surface area contributed by atoms with E-state index in [1.807, 2.05) is 44.5 Å². The van der Waals surface area contributed by atoms with Gasteiger partial charge in [0.2, 0.25) is 0 Å². The minimum Gasteiger partial charge on any atom is -0.444 e. The highest BCUT2D eigenvalue weighted by Gasteiger charge is 2.31. The van der Waals surface area contributed by atoms with Crippen LogP contribution in [0.25, 0.3) is 10.9 Å². The maximum absolute atomic E-state index is 14.1. The highest BCUT2D eigenvalue weighted by atomic mass is 35.5. The molecule has 1 aromatic carbocycles. The van der Waals surface area contributed by atoms with Gasteiger partial charge >= 0.3 is 6.09 Å². The maximum atomic E-state index is 14.1. The lowest BCUT2D eigenvalue weighted by Gasteiger charge is -2.32. The Morgan fingerprint density at radius 2 is 2.17 bits per heavy atom. The summed E-state index contributed by atoms with van der Waals surface area (Å²) < 4.78 is 21.4. The summed E-state index contributed by atoms with van der Waals surface area (Å²) in [6.45, 7) is 8.02. The van der Waals surface area contributed by atoms with Gasteiger partial charge in [-0.2, -0.15) is 0 Å². The van der Waals surface area contributed by atoms with Crippen molar-refractivity contribution in [1.82, 2.24) is 9.88 Å². The van der Waals surface area contributed by atoms with Gasteiger partial charge in [0, 0.05) is 24.0 Å². The molecule has 2 atom stereocenters. The standard InChI is InChI=1S/C17H20ClFN2O2/c1-9-11-7-12(19)14(18)10-5-6-21(15(10)11)8-13(9)20-16(22)23-17(2,3)4/h5-7,9,13H,8H2,1-4H3,(H,20,22)/t9-,13-/m1/s1. The molecule has 0 fully saturated rings. The first-order chi connectivity index (χ1) is 10.7. The highest BCUT2D eigenvalue weighted by molar-refractivity contribution is 6.35. The molecule has 1 N–H and O–H groups in total. The normalized spacial score (nSPS) is 20.6. The van der Waals surface area contributed by atoms with Crippen LogP contribution in [0.4, 0.5) is 9.18 Å². The molecule has 0 spiro atoms. The summed E-state index contributed by atoms with van der Waals surface area (Å²) in [5.74, 6) is -0.476. The Labute approximate surface area is 139 Å². The van der Waals surface area contributed by atoms with Crippen molar-refractivity contribution in [2.24, 2.45) is 0 Å². The number of benzene rings is 1. The summed E-state index contributed by atoms with van der Waals surface area (Å²) in [5, 5.41) is 3.75. The van der Waals surface area contributed by atoms with E-state index in [0.717, 1.165) is 11.1 Å². The van der Waals surface area contributed by atoms with Gasteiger partial charge in [-0.3, -0.25) is 0 Å². The number of alkyl carbamates (subject to hydrolysis) is 1. The third kappa shape index (κ3) is 2.90. The van der Waals surface area contributed by atoms with Gasteiger partial charge in [0.15, 0.2) is 0 Å². The largest absolute Gasteiger partial charge is 0.444 e. The molecule has 2 aromatic rings. The SMILES string of the molecule is C[C@@H]1c2cc(F)c(Cl)c3ccn(c23)C[C@H]1NC(=O)OC(C)(C)C. The van der Waals surface area contributed by atoms with Crippen LogP contribution in [0.15, 0.2) is 18.3 Å². The van der Waals surface area contributed by atoms with Gasteiger partial charge in [-0.05, 0) is 38.5 Å². The Morgan fingerprint density at radius 1 is 1.48 bits per heavy atom. The van der Waals surface area contributed by atoms with Crippen LogP contribution in [0.3, 0.4) is 0 Å². The van der Waals surface area contributed by atoms with Crippen molar-refractivity contribution in [3.8, 4) is 0 Å². The van der Waals surface area contributed by atoms with Crippen LogP contribution in [0.2, 0.25) is 5.02 Å². The average Bonchev–Trinajstić information content (AvgIpc) is 2.83. The number of amides is 1. The van der Waals surface area contributed by atoms with E-state index in [1.165, 1.54) is 6.07 Å². The molecule has 1 amide bonds. The second kappa shape index (κ2) is 5.41. The van der Waals surface area contributed by atoms with Crippen molar-refractivity contribution in [2.75, 3.05) is 0 Å². The molecule has 0 unspecified atom stereocenters. The Morgan fingerprint density at radius 3 is 2.83 bits per heavy atom. The van der Waals surface area contributed by atoms with E-state index < -0.39 is 17.5 Å². The number of nitrogens with zero attached hydrogens (tertiary/aromatic N) is 1. The lowest BCUT2D eigenvalue weighted by atomic mass is 9.89. The van der Waals surface area contributed by atoms with Gasteiger partial charge in [-0.1, -0.05) is 18.5 Å². The Hall–Kier alpha value is -1.75. The first-order valence-corrected chi connectivity index (χ1v) is 8.01. The summed E-state index contributed by atoms with van der Waals surface area (Å²) in [5.41, 5.74) is 1.23. The van der Waals surface area contributed by atoms with E-state index in [2.05, 4.69) is 5.32 Å². The number of carbonyl (C=O) groups excluding carboxylic acids is 1. The molecule has 1 aliphatic rings. The number of ether oxygens (including phenoxy) is 1. The number of rotatable bonds is 1. The van der Waals surface area contributed by atoms with Crippen LogP contribution < -0.4 is 5.32 Å². The van der Waals surface area contributed by atoms with Crippen molar-refractivity contribution in [2.45, 2.75) is 51.8 Å². The van der Waals surface area contributed by atoms with Gasteiger partial charge in [0.25, 0.3) is 0 Å². The van der Waals surface area contributed by atoms with Crippen LogP contribution in [0.5, 0.6) is 0 Å². The third-order valence-corrected chi connectivity index (χ3v) is 4.54. The number of aromatic nitrogens is 1. The van der Waals surface area contributed by atoms with E-state index in [4.69, 9.17) is 16.3 Å². The van der Waals surface area contributed by atoms with Crippen LogP contribution in [0.1, 0.15) is 39.2 Å². The van der Waals surface area contributed by atoms with Crippen molar-refractivity contribution in [3.63, 3.8) is 0 Å². The van der Waals surface area contributed by atoms with Crippen LogP contribution in [0, 0.1) is 5.82 Å². The minimum atomic E-state index is -0.555. The van der Waals surface area contributed by atoms with Crippen LogP contribution >= 0.6 is 11.6 Å². The molecule has 2 heterocycles. The fourth-order valence-corrected chi connectivity index (χ4v) is 3.29. The second-order valence-electron chi connectivity index (χ2n) is 7.03. The number of carbonyl (C=O) groups is 1. The fourth-order valence-electron chi connectivity index (χ4n) is 3.08. The topological polar surface area (TPSA) is 43.3 Å². The van der Waals surface area contributed by atoms with E-state index >= 15 is 0 Å². The molecule has 23 heavy (non-hydrogen) atoms. The Kier molecular flexibility index (Phi) is 3.79. The maximum Gasteiger partial charge on any atom is 0.407 e. The monoisotopic (exact) mass is 338 g/mol. The van der Waals surface area contributed by atoms with E-state index in [0.29, 0.717) is 11.9 Å². The molecule has 4 nitrogen and oxygen atoms in total. The first-order valence-electron chi connectivity index (χ1n) is 7.63. The van der Waals surface area contributed by atoms with E-state index in [-0.39, 0.29) is 17.0 Å². The molecule has 6 heteroatoms. The summed E-state index contributed by atoms with van der Waals surface area (Å²) in [6.07, 6.45) is 1.41. The minimum absolute atomic E-state index is 0.0424. The van der Waals surface area contributed by atoms with Crippen molar-refractivity contribution in [3.05, 3.63) is 34.7 Å². The number of hydrogen-bond donors (Lipinski definition) is 1. The van der Waals surface area contributed by atoms with Crippen molar-refractivity contribution in [1.29, 1.82) is 0 Å². The molecule has 0 saturated heterocycles.